The van der Waals surface area contributed by atoms with Gasteiger partial charge in [0.2, 0.25) is 0 Å². The summed E-state index contributed by atoms with van der Waals surface area (Å²) < 4.78 is 41.9. The van der Waals surface area contributed by atoms with Crippen molar-refractivity contribution in [2.45, 2.75) is 49.6 Å². The molecule has 0 spiro atoms. The lowest BCUT2D eigenvalue weighted by Crippen LogP contribution is -2.43. The second-order valence-electron chi connectivity index (χ2n) is 10.8. The third-order valence-corrected chi connectivity index (χ3v) is 8.61. The predicted molar refractivity (Wildman–Crippen MR) is 162 cm³/mol. The van der Waals surface area contributed by atoms with Crippen molar-refractivity contribution in [3.8, 4) is 16.9 Å². The number of aryl methyl sites for hydroxylation is 1. The molecule has 0 heterocycles. The molecule has 0 fully saturated rings. The number of carbonyl (C=O) groups is 2. The molecule has 1 aliphatic rings. The first kappa shape index (κ1) is 30.0. The van der Waals surface area contributed by atoms with Gasteiger partial charge in [0.25, 0.3) is 0 Å². The SMILES string of the molecule is Cc1ccc(S(=O)(=O)Oc2ccc(C(C(=O)OC(C)C)C(N)C(=O)OCC3c4ccccc4-c4ccccc43)cc2)cc1. The van der Waals surface area contributed by atoms with Crippen LogP contribution in [0, 0.1) is 6.92 Å². The third kappa shape index (κ3) is 6.48. The Morgan fingerprint density at radius 1 is 0.791 bits per heavy atom. The van der Waals surface area contributed by atoms with E-state index in [0.717, 1.165) is 27.8 Å². The molecule has 0 bridgehead atoms. The van der Waals surface area contributed by atoms with Crippen LogP contribution in [-0.2, 0) is 29.2 Å². The molecule has 4 aromatic carbocycles. The van der Waals surface area contributed by atoms with Crippen LogP contribution in [0.2, 0.25) is 0 Å². The predicted octanol–water partition coefficient (Wildman–Crippen LogP) is 5.48. The molecule has 2 N–H and O–H groups in total. The highest BCUT2D eigenvalue weighted by Crippen LogP contribution is 2.44. The summed E-state index contributed by atoms with van der Waals surface area (Å²) in [6, 6.07) is 26.6. The van der Waals surface area contributed by atoms with Gasteiger partial charge in [0.1, 0.15) is 29.2 Å². The van der Waals surface area contributed by atoms with Gasteiger partial charge in [-0.2, -0.15) is 8.42 Å². The fraction of sp³-hybridized carbons (Fsp3) is 0.235. The summed E-state index contributed by atoms with van der Waals surface area (Å²) in [7, 11) is -4.07. The van der Waals surface area contributed by atoms with E-state index in [2.05, 4.69) is 0 Å². The molecule has 2 atom stereocenters. The molecule has 0 saturated heterocycles. The Bertz CT molecular complexity index is 1690. The topological polar surface area (TPSA) is 122 Å². The molecule has 43 heavy (non-hydrogen) atoms. The summed E-state index contributed by atoms with van der Waals surface area (Å²) in [6.07, 6.45) is -0.452. The van der Waals surface area contributed by atoms with E-state index in [1.807, 2.05) is 55.5 Å². The third-order valence-electron chi connectivity index (χ3n) is 7.35. The standard InChI is InChI=1S/C34H33NO7S/c1-21(2)41-33(36)31(23-14-16-24(17-15-23)42-43(38,39)25-18-12-22(3)13-19-25)32(35)34(37)40-20-30-28-10-6-4-8-26(28)27-9-5-7-11-29(27)30/h4-19,21,30-32H,20,35H2,1-3H3. The summed E-state index contributed by atoms with van der Waals surface area (Å²) in [4.78, 5) is 26.5. The molecular weight excluding hydrogens is 566 g/mol. The number of rotatable bonds is 10. The molecule has 0 saturated carbocycles. The average Bonchev–Trinajstić information content (AvgIpc) is 3.30. The molecule has 0 aliphatic heterocycles. The van der Waals surface area contributed by atoms with Crippen molar-refractivity contribution in [2.24, 2.45) is 5.73 Å². The van der Waals surface area contributed by atoms with Crippen molar-refractivity contribution in [2.75, 3.05) is 6.61 Å². The Labute approximate surface area is 251 Å². The monoisotopic (exact) mass is 599 g/mol. The van der Waals surface area contributed by atoms with Gasteiger partial charge in [0, 0.05) is 5.92 Å². The second-order valence-corrected chi connectivity index (χ2v) is 12.3. The normalized spacial score (nSPS) is 14.0. The van der Waals surface area contributed by atoms with Crippen LogP contribution in [0.4, 0.5) is 0 Å². The number of hydrogen-bond donors (Lipinski definition) is 1. The first-order valence-electron chi connectivity index (χ1n) is 14.0. The van der Waals surface area contributed by atoms with E-state index in [4.69, 9.17) is 19.4 Å². The number of carbonyl (C=O) groups excluding carboxylic acids is 2. The van der Waals surface area contributed by atoms with Gasteiger partial charge in [-0.1, -0.05) is 78.4 Å². The van der Waals surface area contributed by atoms with Crippen LogP contribution in [0.15, 0.2) is 102 Å². The zero-order valence-electron chi connectivity index (χ0n) is 24.1. The van der Waals surface area contributed by atoms with Crippen molar-refractivity contribution in [1.29, 1.82) is 0 Å². The van der Waals surface area contributed by atoms with E-state index in [1.165, 1.54) is 36.4 Å². The minimum atomic E-state index is -4.07. The van der Waals surface area contributed by atoms with Gasteiger partial charge in [-0.25, -0.2) is 0 Å². The molecule has 0 amide bonds. The van der Waals surface area contributed by atoms with Crippen molar-refractivity contribution in [3.63, 3.8) is 0 Å². The Kier molecular flexibility index (Phi) is 8.66. The lowest BCUT2D eigenvalue weighted by molar-refractivity contribution is -0.156. The summed E-state index contributed by atoms with van der Waals surface area (Å²) in [6.45, 7) is 5.29. The fourth-order valence-corrected chi connectivity index (χ4v) is 6.17. The maximum Gasteiger partial charge on any atom is 0.339 e. The van der Waals surface area contributed by atoms with Crippen LogP contribution in [-0.4, -0.2) is 39.1 Å². The molecule has 0 aromatic heterocycles. The number of benzene rings is 4. The summed E-state index contributed by atoms with van der Waals surface area (Å²) in [5.74, 6) is -2.78. The van der Waals surface area contributed by atoms with E-state index in [-0.39, 0.29) is 23.2 Å². The van der Waals surface area contributed by atoms with Gasteiger partial charge in [-0.3, -0.25) is 9.59 Å². The molecule has 222 valence electrons. The number of esters is 2. The van der Waals surface area contributed by atoms with E-state index in [0.29, 0.717) is 5.56 Å². The zero-order valence-corrected chi connectivity index (χ0v) is 24.9. The molecule has 2 unspecified atom stereocenters. The van der Waals surface area contributed by atoms with E-state index < -0.39 is 40.1 Å². The highest BCUT2D eigenvalue weighted by molar-refractivity contribution is 7.87. The van der Waals surface area contributed by atoms with Crippen molar-refractivity contribution >= 4 is 22.1 Å². The molecule has 9 heteroatoms. The van der Waals surface area contributed by atoms with Gasteiger partial charge in [-0.05, 0) is 72.9 Å². The van der Waals surface area contributed by atoms with Crippen molar-refractivity contribution < 1.29 is 31.7 Å². The average molecular weight is 600 g/mol. The fourth-order valence-electron chi connectivity index (χ4n) is 5.24. The quantitative estimate of drug-likeness (QED) is 0.188. The number of hydrogen-bond acceptors (Lipinski definition) is 8. The first-order chi connectivity index (χ1) is 20.5. The first-order valence-corrected chi connectivity index (χ1v) is 15.4. The smallest absolute Gasteiger partial charge is 0.339 e. The van der Waals surface area contributed by atoms with Crippen LogP contribution in [0.25, 0.3) is 11.1 Å². The molecule has 8 nitrogen and oxygen atoms in total. The lowest BCUT2D eigenvalue weighted by Gasteiger charge is -2.24. The highest BCUT2D eigenvalue weighted by Gasteiger charge is 2.37. The molecule has 5 rings (SSSR count). The lowest BCUT2D eigenvalue weighted by atomic mass is 9.91. The van der Waals surface area contributed by atoms with Crippen LogP contribution < -0.4 is 9.92 Å². The Morgan fingerprint density at radius 3 is 1.91 bits per heavy atom. The van der Waals surface area contributed by atoms with E-state index >= 15 is 0 Å². The van der Waals surface area contributed by atoms with Gasteiger partial charge < -0.3 is 19.4 Å². The number of ether oxygens (including phenoxy) is 2. The summed E-state index contributed by atoms with van der Waals surface area (Å²) in [5.41, 5.74) is 11.9. The second kappa shape index (κ2) is 12.4. The minimum Gasteiger partial charge on any atom is -0.463 e. The molecule has 1 aliphatic carbocycles. The Morgan fingerprint density at radius 2 is 1.35 bits per heavy atom. The van der Waals surface area contributed by atoms with Gasteiger partial charge in [-0.15, -0.1) is 0 Å². The maximum absolute atomic E-state index is 13.3. The van der Waals surface area contributed by atoms with E-state index in [9.17, 15) is 18.0 Å². The Hall–Kier alpha value is -4.47. The van der Waals surface area contributed by atoms with Crippen LogP contribution in [0.5, 0.6) is 5.75 Å². The van der Waals surface area contributed by atoms with Gasteiger partial charge >= 0.3 is 22.1 Å². The molecular formula is C34H33NO7S. The molecule has 0 radical (unpaired) electrons. The summed E-state index contributed by atoms with van der Waals surface area (Å²) >= 11 is 0. The number of fused-ring (bicyclic) bond motifs is 3. The summed E-state index contributed by atoms with van der Waals surface area (Å²) in [5, 5.41) is 0. The van der Waals surface area contributed by atoms with Gasteiger partial charge in [0.05, 0.1) is 6.10 Å². The maximum atomic E-state index is 13.3. The van der Waals surface area contributed by atoms with Crippen LogP contribution in [0.3, 0.4) is 0 Å². The van der Waals surface area contributed by atoms with Crippen LogP contribution >= 0.6 is 0 Å². The number of nitrogens with two attached hydrogens (primary N) is 1. The van der Waals surface area contributed by atoms with Crippen molar-refractivity contribution in [3.05, 3.63) is 119 Å². The molecule has 4 aromatic rings. The minimum absolute atomic E-state index is 0.0119. The Balaban J connectivity index is 1.33. The van der Waals surface area contributed by atoms with Gasteiger partial charge in [0.15, 0.2) is 0 Å². The zero-order chi connectivity index (χ0) is 30.7. The van der Waals surface area contributed by atoms with E-state index in [1.54, 1.807) is 26.0 Å². The van der Waals surface area contributed by atoms with Crippen LogP contribution in [0.1, 0.15) is 47.9 Å². The largest absolute Gasteiger partial charge is 0.463 e. The van der Waals surface area contributed by atoms with Crippen molar-refractivity contribution in [1.82, 2.24) is 0 Å². The highest BCUT2D eigenvalue weighted by atomic mass is 32.2.